The molecule has 166 valence electrons. The van der Waals surface area contributed by atoms with Crippen LogP contribution in [0.2, 0.25) is 0 Å². The molecule has 0 N–H and O–H groups in total. The van der Waals surface area contributed by atoms with Gasteiger partial charge in [0.25, 0.3) is 0 Å². The highest BCUT2D eigenvalue weighted by Crippen LogP contribution is 2.32. The third-order valence-corrected chi connectivity index (χ3v) is 6.25. The maximum atomic E-state index is 5.94. The third-order valence-electron chi connectivity index (χ3n) is 6.25. The molecule has 0 aliphatic heterocycles. The fraction of sp³-hybridized carbons (Fsp3) is 0.556. The van der Waals surface area contributed by atoms with Gasteiger partial charge in [0.15, 0.2) is 6.29 Å². The molecule has 0 heterocycles. The van der Waals surface area contributed by atoms with Gasteiger partial charge in [-0.15, -0.1) is 0 Å². The minimum atomic E-state index is -0.231. The quantitative estimate of drug-likeness (QED) is 0.271. The van der Waals surface area contributed by atoms with E-state index in [0.717, 1.165) is 6.42 Å². The summed E-state index contributed by atoms with van der Waals surface area (Å²) < 4.78 is 16.8. The Morgan fingerprint density at radius 1 is 0.900 bits per heavy atom. The summed E-state index contributed by atoms with van der Waals surface area (Å²) in [5.74, 6) is 0. The Kier molecular flexibility index (Phi) is 10.0. The van der Waals surface area contributed by atoms with Gasteiger partial charge in [-0.1, -0.05) is 69.2 Å². The van der Waals surface area contributed by atoms with Gasteiger partial charge in [0, 0.05) is 19.6 Å². The van der Waals surface area contributed by atoms with E-state index in [-0.39, 0.29) is 11.7 Å². The zero-order valence-electron chi connectivity index (χ0n) is 19.8. The van der Waals surface area contributed by atoms with E-state index in [1.165, 1.54) is 53.5 Å². The first-order chi connectivity index (χ1) is 14.5. The van der Waals surface area contributed by atoms with Crippen molar-refractivity contribution in [2.75, 3.05) is 27.4 Å². The van der Waals surface area contributed by atoms with Gasteiger partial charge in [-0.25, -0.2) is 0 Å². The van der Waals surface area contributed by atoms with Crippen molar-refractivity contribution < 1.29 is 14.2 Å². The van der Waals surface area contributed by atoms with Gasteiger partial charge in [0.1, 0.15) is 0 Å². The Bertz CT molecular complexity index is 753. The molecule has 0 fully saturated rings. The second-order valence-corrected chi connectivity index (χ2v) is 8.36. The van der Waals surface area contributed by atoms with Crippen LogP contribution in [0.15, 0.2) is 42.5 Å². The maximum Gasteiger partial charge on any atom is 0.154 e. The third kappa shape index (κ3) is 6.41. The number of benzene rings is 2. The lowest BCUT2D eigenvalue weighted by Crippen LogP contribution is -2.37. The van der Waals surface area contributed by atoms with Gasteiger partial charge < -0.3 is 14.2 Å². The highest BCUT2D eigenvalue weighted by atomic mass is 16.7. The summed E-state index contributed by atoms with van der Waals surface area (Å²) in [6.45, 7) is 9.78. The highest BCUT2D eigenvalue weighted by molar-refractivity contribution is 5.65. The Morgan fingerprint density at radius 3 is 2.17 bits per heavy atom. The highest BCUT2D eigenvalue weighted by Gasteiger charge is 2.31. The molecule has 0 bridgehead atoms. The van der Waals surface area contributed by atoms with Crippen LogP contribution in [0.3, 0.4) is 0 Å². The molecule has 0 aliphatic carbocycles. The summed E-state index contributed by atoms with van der Waals surface area (Å²) in [6.07, 6.45) is 5.72. The van der Waals surface area contributed by atoms with Crippen molar-refractivity contribution in [2.24, 2.45) is 0 Å². The van der Waals surface area contributed by atoms with Crippen molar-refractivity contribution in [1.29, 1.82) is 0 Å². The van der Waals surface area contributed by atoms with Crippen LogP contribution in [0.25, 0.3) is 11.1 Å². The van der Waals surface area contributed by atoms with Crippen molar-refractivity contribution in [3.05, 3.63) is 59.2 Å². The number of aryl methyl sites for hydroxylation is 2. The first-order valence-corrected chi connectivity index (χ1v) is 11.3. The van der Waals surface area contributed by atoms with E-state index in [1.54, 1.807) is 14.2 Å². The summed E-state index contributed by atoms with van der Waals surface area (Å²) in [6, 6.07) is 15.8. The predicted molar refractivity (Wildman–Crippen MR) is 126 cm³/mol. The van der Waals surface area contributed by atoms with Gasteiger partial charge in [0.05, 0.1) is 13.2 Å². The summed E-state index contributed by atoms with van der Waals surface area (Å²) >= 11 is 0. The topological polar surface area (TPSA) is 27.7 Å². The Morgan fingerprint density at radius 2 is 1.60 bits per heavy atom. The van der Waals surface area contributed by atoms with Crippen LogP contribution in [0.4, 0.5) is 0 Å². The lowest BCUT2D eigenvalue weighted by Gasteiger charge is -2.33. The predicted octanol–water partition coefficient (Wildman–Crippen LogP) is 6.70. The van der Waals surface area contributed by atoms with Crippen molar-refractivity contribution >= 4 is 0 Å². The van der Waals surface area contributed by atoms with E-state index >= 15 is 0 Å². The zero-order chi connectivity index (χ0) is 22.0. The first kappa shape index (κ1) is 24.6. The molecule has 0 aliphatic rings. The van der Waals surface area contributed by atoms with Crippen LogP contribution in [-0.2, 0) is 26.0 Å². The molecule has 2 atom stereocenters. The molecule has 2 unspecified atom stereocenters. The Labute approximate surface area is 183 Å². The second kappa shape index (κ2) is 12.2. The number of methoxy groups -OCH3 is 2. The fourth-order valence-corrected chi connectivity index (χ4v) is 3.98. The lowest BCUT2D eigenvalue weighted by atomic mass is 9.79. The normalized spacial score (nSPS) is 14.5. The van der Waals surface area contributed by atoms with Crippen LogP contribution in [0.5, 0.6) is 0 Å². The fourth-order valence-electron chi connectivity index (χ4n) is 3.98. The van der Waals surface area contributed by atoms with Gasteiger partial charge in [-0.3, -0.25) is 0 Å². The maximum absolute atomic E-state index is 5.94. The average molecular weight is 413 g/mol. The SMILES string of the molecule is CCCCCc1ccc(-c2ccc(C(CC)(COC)COC(C)OC)cc2)cc1C. The van der Waals surface area contributed by atoms with Crippen LogP contribution in [-0.4, -0.2) is 33.7 Å². The van der Waals surface area contributed by atoms with Crippen molar-refractivity contribution in [3.63, 3.8) is 0 Å². The Balaban J connectivity index is 2.21. The van der Waals surface area contributed by atoms with E-state index < -0.39 is 0 Å². The molecular formula is C27H40O3. The minimum absolute atomic E-state index is 0.181. The summed E-state index contributed by atoms with van der Waals surface area (Å²) in [5, 5.41) is 0. The molecule has 2 aromatic carbocycles. The van der Waals surface area contributed by atoms with E-state index in [1.807, 2.05) is 6.92 Å². The van der Waals surface area contributed by atoms with Crippen LogP contribution in [0.1, 0.15) is 63.1 Å². The van der Waals surface area contributed by atoms with E-state index in [4.69, 9.17) is 14.2 Å². The van der Waals surface area contributed by atoms with E-state index in [9.17, 15) is 0 Å². The summed E-state index contributed by atoms with van der Waals surface area (Å²) in [5.41, 5.74) is 6.44. The van der Waals surface area contributed by atoms with Gasteiger partial charge in [-0.2, -0.15) is 0 Å². The van der Waals surface area contributed by atoms with Gasteiger partial charge in [0.2, 0.25) is 0 Å². The molecule has 3 heteroatoms. The summed E-state index contributed by atoms with van der Waals surface area (Å²) in [4.78, 5) is 0. The molecular weight excluding hydrogens is 372 g/mol. The van der Waals surface area contributed by atoms with Crippen molar-refractivity contribution in [3.8, 4) is 11.1 Å². The molecule has 0 radical (unpaired) electrons. The monoisotopic (exact) mass is 412 g/mol. The molecule has 3 nitrogen and oxygen atoms in total. The zero-order valence-corrected chi connectivity index (χ0v) is 19.8. The molecule has 0 saturated carbocycles. The number of hydrogen-bond acceptors (Lipinski definition) is 3. The molecule has 30 heavy (non-hydrogen) atoms. The van der Waals surface area contributed by atoms with E-state index in [2.05, 4.69) is 63.2 Å². The smallest absolute Gasteiger partial charge is 0.154 e. The van der Waals surface area contributed by atoms with Gasteiger partial charge >= 0.3 is 0 Å². The number of ether oxygens (including phenoxy) is 3. The molecule has 2 rings (SSSR count). The Hall–Kier alpha value is -1.68. The molecule has 0 saturated heterocycles. The number of hydrogen-bond donors (Lipinski definition) is 0. The largest absolute Gasteiger partial charge is 0.384 e. The van der Waals surface area contributed by atoms with Crippen LogP contribution < -0.4 is 0 Å². The number of unbranched alkanes of at least 4 members (excludes halogenated alkanes) is 2. The average Bonchev–Trinajstić information content (AvgIpc) is 2.77. The standard InChI is InChI=1S/C27H40O3/c1-7-9-10-11-23-12-13-25(18-21(23)3)24-14-16-26(17-15-24)27(8-2,19-28-5)20-30-22(4)29-6/h12-18,22H,7-11,19-20H2,1-6H3. The molecule has 2 aromatic rings. The van der Waals surface area contributed by atoms with E-state index in [0.29, 0.717) is 13.2 Å². The second-order valence-electron chi connectivity index (χ2n) is 8.36. The molecule has 0 amide bonds. The van der Waals surface area contributed by atoms with Crippen molar-refractivity contribution in [2.45, 2.75) is 71.5 Å². The van der Waals surface area contributed by atoms with Gasteiger partial charge in [-0.05, 0) is 60.9 Å². The molecule has 0 spiro atoms. The molecule has 0 aromatic heterocycles. The van der Waals surface area contributed by atoms with Crippen LogP contribution in [0, 0.1) is 6.92 Å². The number of rotatable bonds is 13. The van der Waals surface area contributed by atoms with Crippen LogP contribution >= 0.6 is 0 Å². The van der Waals surface area contributed by atoms with Crippen molar-refractivity contribution in [1.82, 2.24) is 0 Å². The minimum Gasteiger partial charge on any atom is -0.384 e. The first-order valence-electron chi connectivity index (χ1n) is 11.3. The lowest BCUT2D eigenvalue weighted by molar-refractivity contribution is -0.129. The summed E-state index contributed by atoms with van der Waals surface area (Å²) in [7, 11) is 3.42.